The number of fused-ring (bicyclic) bond motifs is 1. The van der Waals surface area contributed by atoms with Crippen LogP contribution in [0.2, 0.25) is 0 Å². The zero-order valence-electron chi connectivity index (χ0n) is 64.2. The number of sulfone groups is 1. The number of carbonyl (C=O) groups excluding carboxylic acids is 10. The Balaban J connectivity index is 1.14. The first kappa shape index (κ1) is 88.6. The number of amides is 11. The van der Waals surface area contributed by atoms with Crippen LogP contribution in [0.1, 0.15) is 105 Å². The van der Waals surface area contributed by atoms with Gasteiger partial charge in [0, 0.05) is 70.3 Å². The molecule has 3 aromatic carbocycles. The summed E-state index contributed by atoms with van der Waals surface area (Å²) in [6.07, 6.45) is 2.44. The third-order valence-electron chi connectivity index (χ3n) is 18.4. The van der Waals surface area contributed by atoms with Gasteiger partial charge in [-0.3, -0.25) is 48.1 Å². The molecule has 0 bridgehead atoms. The maximum Gasteiger partial charge on any atom is 0.312 e. The first-order chi connectivity index (χ1) is 50.7. The molecular weight excluding hydrogens is 1400 g/mol. The summed E-state index contributed by atoms with van der Waals surface area (Å²) < 4.78 is 52.9. The maximum absolute atomic E-state index is 14.6. The number of hydrogen-bond acceptors (Lipinski definition) is 20. The van der Waals surface area contributed by atoms with Gasteiger partial charge in [0.2, 0.25) is 53.2 Å². The molecule has 4 aromatic rings. The van der Waals surface area contributed by atoms with Crippen LogP contribution in [0.25, 0.3) is 10.9 Å². The molecule has 0 unspecified atom stereocenters. The quantitative estimate of drug-likeness (QED) is 0.0173. The number of nitrogens with one attached hydrogen (secondary N) is 8. The lowest BCUT2D eigenvalue weighted by molar-refractivity contribution is -0.145. The number of rotatable bonds is 45. The van der Waals surface area contributed by atoms with E-state index in [1.54, 1.807) is 69.1 Å². The van der Waals surface area contributed by atoms with Crippen LogP contribution in [0.5, 0.6) is 0 Å². The first-order valence-electron chi connectivity index (χ1n) is 36.1. The minimum Gasteiger partial charge on any atom is -0.378 e. The highest BCUT2D eigenvalue weighted by atomic mass is 32.2. The van der Waals surface area contributed by atoms with Crippen molar-refractivity contribution in [3.05, 3.63) is 102 Å². The molecule has 1 fully saturated rings. The van der Waals surface area contributed by atoms with Crippen LogP contribution < -0.4 is 48.3 Å². The largest absolute Gasteiger partial charge is 0.378 e. The minimum absolute atomic E-state index is 0.00448. The van der Waals surface area contributed by atoms with Crippen molar-refractivity contribution in [2.24, 2.45) is 29.4 Å². The summed E-state index contributed by atoms with van der Waals surface area (Å²) in [5.41, 5.74) is 8.40. The number of hydrogen-bond donors (Lipinski definition) is 9. The predicted octanol–water partition coefficient (Wildman–Crippen LogP) is 3.65. The number of likely N-dealkylation sites (N-methyl/N-ethyl adjacent to an activating group) is 2. The fourth-order valence-electron chi connectivity index (χ4n) is 12.8. The molecule has 1 aliphatic heterocycles. The van der Waals surface area contributed by atoms with E-state index in [-0.39, 0.29) is 112 Å². The number of carbonyl (C=O) groups is 10. The van der Waals surface area contributed by atoms with E-state index >= 15 is 0 Å². The van der Waals surface area contributed by atoms with E-state index < -0.39 is 124 Å². The Bertz CT molecular complexity index is 3750. The number of nitrogens with zero attached hydrogens (tertiary/aromatic N) is 5. The Morgan fingerprint density at radius 2 is 1.29 bits per heavy atom. The lowest BCUT2D eigenvalue weighted by Crippen LogP contribution is -2.59. The summed E-state index contributed by atoms with van der Waals surface area (Å²) in [5, 5.41) is 22.4. The van der Waals surface area contributed by atoms with Gasteiger partial charge in [-0.2, -0.15) is 0 Å². The Morgan fingerprint density at radius 1 is 0.664 bits per heavy atom. The molecule has 107 heavy (non-hydrogen) atoms. The van der Waals surface area contributed by atoms with Crippen molar-refractivity contribution in [1.82, 2.24) is 56.6 Å². The topological polar surface area (TPSA) is 409 Å². The van der Waals surface area contributed by atoms with Crippen molar-refractivity contribution >= 4 is 91.3 Å². The molecule has 0 aliphatic carbocycles. The Morgan fingerprint density at radius 3 is 1.88 bits per heavy atom. The smallest absolute Gasteiger partial charge is 0.312 e. The third kappa shape index (κ3) is 27.6. The lowest BCUT2D eigenvalue weighted by Gasteiger charge is -2.39. The number of methoxy groups -OCH3 is 2. The normalized spacial score (nSPS) is 15.6. The number of primary amides is 1. The summed E-state index contributed by atoms with van der Waals surface area (Å²) in [6, 6.07) is 13.6. The second-order valence-corrected chi connectivity index (χ2v) is 29.9. The van der Waals surface area contributed by atoms with Crippen molar-refractivity contribution in [3.8, 4) is 0 Å². The van der Waals surface area contributed by atoms with E-state index in [2.05, 4.69) is 59.1 Å². The molecular formula is C75H112N14O17S. The number of benzene rings is 3. The van der Waals surface area contributed by atoms with Gasteiger partial charge in [-0.1, -0.05) is 110 Å². The van der Waals surface area contributed by atoms with Crippen molar-refractivity contribution < 1.29 is 80.0 Å². The molecule has 0 saturated carbocycles. The summed E-state index contributed by atoms with van der Waals surface area (Å²) in [6.45, 7) is 18.9. The highest BCUT2D eigenvalue weighted by Crippen LogP contribution is 2.30. The molecule has 0 radical (unpaired) electrons. The molecule has 1 aromatic heterocycles. The number of nitrogens with two attached hydrogens (primary N) is 1. The van der Waals surface area contributed by atoms with Gasteiger partial charge >= 0.3 is 6.03 Å². The fourth-order valence-corrected chi connectivity index (χ4v) is 13.6. The van der Waals surface area contributed by atoms with Crippen LogP contribution in [-0.4, -0.2) is 241 Å². The average Bonchev–Trinajstić information content (AvgIpc) is 1.73. The Kier molecular flexibility index (Phi) is 36.2. The number of aromatic nitrogens is 2. The highest BCUT2D eigenvalue weighted by molar-refractivity contribution is 7.90. The molecule has 32 heteroatoms. The summed E-state index contributed by atoms with van der Waals surface area (Å²) in [4.78, 5) is 149. The Hall–Kier alpha value is -9.05. The van der Waals surface area contributed by atoms with Crippen molar-refractivity contribution in [1.29, 1.82) is 0 Å². The van der Waals surface area contributed by atoms with Crippen LogP contribution in [-0.2, 0) is 89.6 Å². The van der Waals surface area contributed by atoms with Crippen LogP contribution in [0, 0.1) is 23.7 Å². The molecule has 1 saturated heterocycles. The van der Waals surface area contributed by atoms with Crippen LogP contribution >= 0.6 is 0 Å². The standard InChI is InChI=1S/C75H112N14O17S/c1-16-48(8)66(88(12)74(98)64(46(4)5)86-72(97)65(47(6)7)87(10)11)59(102-13)40-62(92)89-33-21-25-58(89)67(103-14)49(9)68(93)84-57(38-50-22-18-17-19-23-50)69(94)78-41-51-26-28-52(29-27-51)82-70(95)56(24-20-32-77-75(76)99)83-71(96)63(45(2)3)85-61(91)43-106-37-35-104-34-36-105-42-60(90)81-53-30-31-55-54(39-53)73(80-44-79-55)107(15,100)101/h17-19,22-23,26-31,39,44-47,49,56-59,63-67H,8,16,20-21,24-25,32-38,40-43H2,1-7,9-15H3,(H,78,94)(H,81,90)(H,82,95)(H,83,96)(H,84,93)(H,85,91)(H,86,97)(H3,76,77,99)/t49-,56+,57+,58+,59-,63+,64+,65+,66+,67-/m1/s1. The zero-order valence-corrected chi connectivity index (χ0v) is 65.0. The predicted molar refractivity (Wildman–Crippen MR) is 403 cm³/mol. The minimum atomic E-state index is -3.66. The number of ether oxygens (including phenoxy) is 5. The van der Waals surface area contributed by atoms with Gasteiger partial charge in [-0.15, -0.1) is 0 Å². The molecule has 5 rings (SSSR count). The van der Waals surface area contributed by atoms with Gasteiger partial charge in [0.15, 0.2) is 14.9 Å². The summed E-state index contributed by atoms with van der Waals surface area (Å²) in [7, 11) is 4.58. The van der Waals surface area contributed by atoms with Gasteiger partial charge in [-0.25, -0.2) is 23.2 Å². The van der Waals surface area contributed by atoms with Crippen molar-refractivity contribution in [2.75, 3.05) is 105 Å². The van der Waals surface area contributed by atoms with Gasteiger partial charge in [0.25, 0.3) is 0 Å². The molecule has 2 heterocycles. The van der Waals surface area contributed by atoms with Gasteiger partial charge in [0.05, 0.1) is 74.6 Å². The van der Waals surface area contributed by atoms with Gasteiger partial charge < -0.3 is 81.8 Å². The monoisotopic (exact) mass is 1510 g/mol. The van der Waals surface area contributed by atoms with E-state index in [1.807, 2.05) is 83.9 Å². The second-order valence-electron chi connectivity index (χ2n) is 27.9. The van der Waals surface area contributed by atoms with Crippen LogP contribution in [0.3, 0.4) is 0 Å². The molecule has 11 amide bonds. The van der Waals surface area contributed by atoms with E-state index in [0.717, 1.165) is 18.1 Å². The van der Waals surface area contributed by atoms with Crippen LogP contribution in [0.15, 0.2) is 96.3 Å². The van der Waals surface area contributed by atoms with E-state index in [0.29, 0.717) is 53.8 Å². The lowest BCUT2D eigenvalue weighted by atomic mass is 9.92. The van der Waals surface area contributed by atoms with Crippen molar-refractivity contribution in [3.63, 3.8) is 0 Å². The molecule has 10 atom stereocenters. The molecule has 590 valence electrons. The van der Waals surface area contributed by atoms with E-state index in [4.69, 9.17) is 29.4 Å². The first-order valence-corrected chi connectivity index (χ1v) is 38.0. The highest BCUT2D eigenvalue weighted by Gasteiger charge is 2.44. The molecule has 0 spiro atoms. The Labute approximate surface area is 628 Å². The summed E-state index contributed by atoms with van der Waals surface area (Å²) >= 11 is 0. The average molecular weight is 1510 g/mol. The van der Waals surface area contributed by atoms with E-state index in [1.165, 1.54) is 25.2 Å². The van der Waals surface area contributed by atoms with Gasteiger partial charge in [0.1, 0.15) is 43.7 Å². The molecule has 10 N–H and O–H groups in total. The number of anilines is 2. The number of urea groups is 1. The van der Waals surface area contributed by atoms with E-state index in [9.17, 15) is 56.4 Å². The zero-order chi connectivity index (χ0) is 79.2. The fraction of sp³-hybridized carbons (Fsp3) is 0.573. The third-order valence-corrected chi connectivity index (χ3v) is 19.5. The molecule has 1 aliphatic rings. The molecule has 31 nitrogen and oxygen atoms in total. The van der Waals surface area contributed by atoms with Crippen molar-refractivity contribution in [2.45, 2.75) is 166 Å². The SMILES string of the molecule is C=C(CC)[C@@H]([C@@H](CC(=O)N1CCC[C@H]1[C@H](OC)[C@@H](C)C(=O)N[C@@H](Cc1ccccc1)C(=O)NCc1ccc(NC(=O)[C@H](CCCNC(N)=O)NC(=O)[C@@H](NC(=O)COCCOCCOCC(=O)Nc2ccc3ncnc(S(C)(=O)=O)c3c2)C(C)C)cc1)OC)N(C)C(=O)[C@@H](NC(=O)[C@H](C(C)C)N(C)C)C(C)C. The van der Waals surface area contributed by atoms with Gasteiger partial charge in [-0.05, 0) is 105 Å². The maximum atomic E-state index is 14.6. The van der Waals surface area contributed by atoms with Crippen LogP contribution in [0.4, 0.5) is 16.2 Å². The second kappa shape index (κ2) is 43.7. The summed E-state index contributed by atoms with van der Waals surface area (Å²) in [5.74, 6) is -5.86. The number of likely N-dealkylation sites (tertiary alicyclic amines) is 1.